The number of aliphatic hydroxyl groups excluding tert-OH is 2. The van der Waals surface area contributed by atoms with Crippen LogP contribution in [0.2, 0.25) is 0 Å². The molecule has 0 aliphatic rings. The van der Waals surface area contributed by atoms with Gasteiger partial charge < -0.3 is 20.3 Å². The summed E-state index contributed by atoms with van der Waals surface area (Å²) in [7, 11) is 0. The van der Waals surface area contributed by atoms with Crippen molar-refractivity contribution in [1.82, 2.24) is 5.32 Å². The maximum Gasteiger partial charge on any atom is 0.306 e. The second-order valence-electron chi connectivity index (χ2n) is 16.9. The lowest BCUT2D eigenvalue weighted by Crippen LogP contribution is -2.46. The van der Waals surface area contributed by atoms with E-state index < -0.39 is 18.2 Å². The van der Waals surface area contributed by atoms with Crippen LogP contribution in [0.15, 0.2) is 12.2 Å². The van der Waals surface area contributed by atoms with Gasteiger partial charge in [0.1, 0.15) is 6.10 Å². The molecule has 0 aromatic rings. The Kier molecular flexibility index (Phi) is 42.6. The van der Waals surface area contributed by atoms with E-state index in [4.69, 9.17) is 4.74 Å². The summed E-state index contributed by atoms with van der Waals surface area (Å²) in [4.78, 5) is 26.0. The molecule has 0 bridgehead atoms. The normalized spacial score (nSPS) is 13.3. The predicted molar refractivity (Wildman–Crippen MR) is 237 cm³/mol. The molecule has 0 saturated heterocycles. The lowest BCUT2D eigenvalue weighted by Gasteiger charge is -2.24. The number of nitrogens with one attached hydrogen (secondary N) is 1. The Morgan fingerprint density at radius 2 is 0.873 bits per heavy atom. The molecule has 6 heteroatoms. The first kappa shape index (κ1) is 53.6. The number of aliphatic hydroxyl groups is 2. The third kappa shape index (κ3) is 39.2. The molecule has 55 heavy (non-hydrogen) atoms. The third-order valence-electron chi connectivity index (χ3n) is 11.3. The van der Waals surface area contributed by atoms with Crippen LogP contribution in [0.1, 0.15) is 265 Å². The van der Waals surface area contributed by atoms with E-state index in [1.807, 2.05) is 0 Å². The maximum absolute atomic E-state index is 13.1. The fraction of sp³-hybridized carbons (Fsp3) is 0.918. The van der Waals surface area contributed by atoms with E-state index >= 15 is 0 Å². The minimum absolute atomic E-state index is 0.0782. The highest BCUT2D eigenvalue weighted by molar-refractivity contribution is 5.77. The molecule has 0 rings (SSSR count). The minimum atomic E-state index is -0.782. The van der Waals surface area contributed by atoms with Gasteiger partial charge in [-0.15, -0.1) is 0 Å². The third-order valence-corrected chi connectivity index (χ3v) is 11.3. The Morgan fingerprint density at radius 1 is 0.509 bits per heavy atom. The van der Waals surface area contributed by atoms with E-state index in [2.05, 4.69) is 38.2 Å². The van der Waals surface area contributed by atoms with Gasteiger partial charge in [-0.05, 0) is 51.4 Å². The smallest absolute Gasteiger partial charge is 0.306 e. The minimum Gasteiger partial charge on any atom is -0.462 e. The van der Waals surface area contributed by atoms with Gasteiger partial charge in [-0.2, -0.15) is 0 Å². The molecule has 0 aromatic heterocycles. The number of hydrogen-bond donors (Lipinski definition) is 3. The molecular formula is C49H95NO5. The summed E-state index contributed by atoms with van der Waals surface area (Å²) in [6.07, 6.45) is 46.9. The first-order chi connectivity index (χ1) is 27.0. The van der Waals surface area contributed by atoms with Crippen LogP contribution in [0.25, 0.3) is 0 Å². The van der Waals surface area contributed by atoms with Gasteiger partial charge in [0.15, 0.2) is 0 Å². The largest absolute Gasteiger partial charge is 0.462 e. The molecule has 3 N–H and O–H groups in total. The SMILES string of the molecule is CCCCCC/C=C\CCCCCCCC(CC(=O)NC(CO)C(O)CCCCCCCCCCCCCCC)OC(=O)CCCCCCCCCCCC. The molecular weight excluding hydrogens is 683 g/mol. The number of hydrogen-bond acceptors (Lipinski definition) is 5. The number of unbranched alkanes of at least 4 members (excludes halogenated alkanes) is 30. The number of carbonyl (C=O) groups is 2. The summed E-state index contributed by atoms with van der Waals surface area (Å²) in [5, 5.41) is 23.7. The van der Waals surface area contributed by atoms with Crippen molar-refractivity contribution in [2.45, 2.75) is 283 Å². The number of rotatable bonds is 44. The monoisotopic (exact) mass is 778 g/mol. The van der Waals surface area contributed by atoms with Crippen LogP contribution in [0.4, 0.5) is 0 Å². The number of amides is 1. The molecule has 0 fully saturated rings. The molecule has 0 heterocycles. The fourth-order valence-electron chi connectivity index (χ4n) is 7.60. The number of ether oxygens (including phenoxy) is 1. The quantitative estimate of drug-likeness (QED) is 0.0325. The van der Waals surface area contributed by atoms with E-state index in [9.17, 15) is 19.8 Å². The summed E-state index contributed by atoms with van der Waals surface area (Å²) in [5.74, 6) is -0.471. The first-order valence-corrected chi connectivity index (χ1v) is 24.4. The van der Waals surface area contributed by atoms with Crippen molar-refractivity contribution in [1.29, 1.82) is 0 Å². The zero-order valence-corrected chi connectivity index (χ0v) is 37.1. The average molecular weight is 778 g/mol. The summed E-state index contributed by atoms with van der Waals surface area (Å²) in [5.41, 5.74) is 0. The van der Waals surface area contributed by atoms with Crippen LogP contribution in [0.5, 0.6) is 0 Å². The lowest BCUT2D eigenvalue weighted by molar-refractivity contribution is -0.151. The van der Waals surface area contributed by atoms with Gasteiger partial charge in [-0.3, -0.25) is 9.59 Å². The molecule has 0 radical (unpaired) electrons. The highest BCUT2D eigenvalue weighted by Crippen LogP contribution is 2.18. The standard InChI is InChI=1S/C49H95NO5/c1-4-7-10-13-16-19-22-24-26-28-31-34-37-40-45(55-49(54)42-39-36-33-30-21-18-15-12-9-6-3)43-48(53)50-46(44-51)47(52)41-38-35-32-29-27-25-23-20-17-14-11-8-5-2/h19,22,45-47,51-52H,4-18,20-21,23-44H2,1-3H3,(H,50,53)/b22-19-. The summed E-state index contributed by atoms with van der Waals surface area (Å²) >= 11 is 0. The van der Waals surface area contributed by atoms with E-state index in [1.54, 1.807) is 0 Å². The van der Waals surface area contributed by atoms with Crippen molar-refractivity contribution in [3.8, 4) is 0 Å². The lowest BCUT2D eigenvalue weighted by atomic mass is 10.0. The molecule has 3 unspecified atom stereocenters. The van der Waals surface area contributed by atoms with Gasteiger partial charge in [-0.25, -0.2) is 0 Å². The zero-order chi connectivity index (χ0) is 40.3. The van der Waals surface area contributed by atoms with Crippen LogP contribution in [-0.4, -0.2) is 46.9 Å². The Morgan fingerprint density at radius 3 is 1.31 bits per heavy atom. The highest BCUT2D eigenvalue weighted by atomic mass is 16.5. The van der Waals surface area contributed by atoms with Gasteiger partial charge in [-0.1, -0.05) is 213 Å². The van der Waals surface area contributed by atoms with E-state index in [-0.39, 0.29) is 24.9 Å². The van der Waals surface area contributed by atoms with Gasteiger partial charge in [0.25, 0.3) is 0 Å². The summed E-state index contributed by atoms with van der Waals surface area (Å²) in [6.45, 7) is 6.46. The summed E-state index contributed by atoms with van der Waals surface area (Å²) in [6, 6.07) is -0.696. The fourth-order valence-corrected chi connectivity index (χ4v) is 7.60. The van der Waals surface area contributed by atoms with Crippen molar-refractivity contribution in [2.75, 3.05) is 6.61 Å². The topological polar surface area (TPSA) is 95.9 Å². The zero-order valence-electron chi connectivity index (χ0n) is 37.1. The molecule has 1 amide bonds. The highest BCUT2D eigenvalue weighted by Gasteiger charge is 2.24. The Hall–Kier alpha value is -1.40. The van der Waals surface area contributed by atoms with Crippen LogP contribution in [-0.2, 0) is 14.3 Å². The molecule has 326 valence electrons. The van der Waals surface area contributed by atoms with Crippen molar-refractivity contribution in [2.24, 2.45) is 0 Å². The molecule has 0 spiro atoms. The molecule has 0 aliphatic carbocycles. The number of carbonyl (C=O) groups excluding carboxylic acids is 2. The van der Waals surface area contributed by atoms with Crippen LogP contribution < -0.4 is 5.32 Å². The molecule has 0 saturated carbocycles. The second kappa shape index (κ2) is 43.7. The maximum atomic E-state index is 13.1. The Bertz CT molecular complexity index is 832. The molecule has 0 aromatic carbocycles. The van der Waals surface area contributed by atoms with Gasteiger partial charge in [0, 0.05) is 6.42 Å². The average Bonchev–Trinajstić information content (AvgIpc) is 3.18. The van der Waals surface area contributed by atoms with E-state index in [0.717, 1.165) is 57.8 Å². The summed E-state index contributed by atoms with van der Waals surface area (Å²) < 4.78 is 5.91. The molecule has 6 nitrogen and oxygen atoms in total. The molecule has 0 aliphatic heterocycles. The first-order valence-electron chi connectivity index (χ1n) is 24.4. The molecule has 3 atom stereocenters. The predicted octanol–water partition coefficient (Wildman–Crippen LogP) is 14.2. The van der Waals surface area contributed by atoms with Gasteiger partial charge in [0.2, 0.25) is 5.91 Å². The number of allylic oxidation sites excluding steroid dienone is 2. The van der Waals surface area contributed by atoms with Crippen LogP contribution in [0, 0.1) is 0 Å². The van der Waals surface area contributed by atoms with Crippen molar-refractivity contribution >= 4 is 11.9 Å². The van der Waals surface area contributed by atoms with Crippen molar-refractivity contribution in [3.05, 3.63) is 12.2 Å². The Balaban J connectivity index is 4.54. The second-order valence-corrected chi connectivity index (χ2v) is 16.9. The van der Waals surface area contributed by atoms with Crippen molar-refractivity contribution < 1.29 is 24.5 Å². The number of esters is 1. The van der Waals surface area contributed by atoms with E-state index in [0.29, 0.717) is 19.3 Å². The van der Waals surface area contributed by atoms with Crippen molar-refractivity contribution in [3.63, 3.8) is 0 Å². The van der Waals surface area contributed by atoms with Gasteiger partial charge >= 0.3 is 5.97 Å². The van der Waals surface area contributed by atoms with E-state index in [1.165, 1.54) is 161 Å². The van der Waals surface area contributed by atoms with Gasteiger partial charge in [0.05, 0.1) is 25.2 Å². The van der Waals surface area contributed by atoms with Crippen LogP contribution in [0.3, 0.4) is 0 Å². The Labute approximate surface area is 342 Å². The van der Waals surface area contributed by atoms with Crippen LogP contribution >= 0.6 is 0 Å².